The first-order valence-corrected chi connectivity index (χ1v) is 3.13. The summed E-state index contributed by atoms with van der Waals surface area (Å²) in [6.45, 7) is 2.02. The molecule has 1 fully saturated rings. The molecule has 0 aliphatic heterocycles. The van der Waals surface area contributed by atoms with Crippen LogP contribution in [-0.4, -0.2) is 19.5 Å². The highest BCUT2D eigenvalue weighted by Crippen LogP contribution is 2.54. The van der Waals surface area contributed by atoms with Crippen LogP contribution in [0.15, 0.2) is 0 Å². The quantitative estimate of drug-likeness (QED) is 0.598. The van der Waals surface area contributed by atoms with E-state index in [1.54, 1.807) is 14.0 Å². The highest BCUT2D eigenvalue weighted by atomic mass is 19.3. The van der Waals surface area contributed by atoms with Crippen molar-refractivity contribution in [3.63, 3.8) is 0 Å². The van der Waals surface area contributed by atoms with Gasteiger partial charge in [0.2, 0.25) is 0 Å². The van der Waals surface area contributed by atoms with Gasteiger partial charge in [-0.05, 0) is 7.05 Å². The molecule has 2 atom stereocenters. The van der Waals surface area contributed by atoms with E-state index in [0.29, 0.717) is 6.54 Å². The molecule has 1 aliphatic carbocycles. The summed E-state index contributed by atoms with van der Waals surface area (Å²) in [5.41, 5.74) is 0. The summed E-state index contributed by atoms with van der Waals surface area (Å²) in [5, 5.41) is 2.74. The van der Waals surface area contributed by atoms with Crippen LogP contribution in [0.3, 0.4) is 0 Å². The van der Waals surface area contributed by atoms with Crippen molar-refractivity contribution in [2.24, 2.45) is 11.8 Å². The Labute approximate surface area is 53.4 Å². The molecule has 0 bridgehead atoms. The van der Waals surface area contributed by atoms with E-state index < -0.39 is 17.8 Å². The van der Waals surface area contributed by atoms with E-state index in [-0.39, 0.29) is 0 Å². The van der Waals surface area contributed by atoms with E-state index in [9.17, 15) is 8.78 Å². The number of halogens is 2. The molecule has 1 saturated carbocycles. The Morgan fingerprint density at radius 2 is 2.00 bits per heavy atom. The molecular weight excluding hydrogens is 124 g/mol. The predicted octanol–water partition coefficient (Wildman–Crippen LogP) is 1.11. The minimum Gasteiger partial charge on any atom is -0.319 e. The summed E-state index contributed by atoms with van der Waals surface area (Å²) < 4.78 is 24.7. The zero-order valence-electron chi connectivity index (χ0n) is 5.62. The van der Waals surface area contributed by atoms with Gasteiger partial charge >= 0.3 is 0 Å². The molecule has 0 aromatic rings. The van der Waals surface area contributed by atoms with Gasteiger partial charge in [0.15, 0.2) is 0 Å². The van der Waals surface area contributed by atoms with E-state index in [0.717, 1.165) is 0 Å². The van der Waals surface area contributed by atoms with Gasteiger partial charge in [-0.3, -0.25) is 0 Å². The van der Waals surface area contributed by atoms with E-state index in [1.165, 1.54) is 0 Å². The van der Waals surface area contributed by atoms with Crippen LogP contribution < -0.4 is 5.32 Å². The van der Waals surface area contributed by atoms with Crippen molar-refractivity contribution < 1.29 is 8.78 Å². The third-order valence-corrected chi connectivity index (χ3v) is 2.02. The van der Waals surface area contributed by atoms with E-state index >= 15 is 0 Å². The van der Waals surface area contributed by atoms with Crippen LogP contribution in [0, 0.1) is 11.8 Å². The first-order chi connectivity index (χ1) is 4.10. The van der Waals surface area contributed by atoms with Gasteiger partial charge in [-0.25, -0.2) is 8.78 Å². The largest absolute Gasteiger partial charge is 0.319 e. The van der Waals surface area contributed by atoms with Crippen molar-refractivity contribution >= 4 is 0 Å². The lowest BCUT2D eigenvalue weighted by atomic mass is 10.3. The van der Waals surface area contributed by atoms with Crippen molar-refractivity contribution in [2.75, 3.05) is 13.6 Å². The van der Waals surface area contributed by atoms with Crippen LogP contribution in [0.5, 0.6) is 0 Å². The molecule has 3 heteroatoms. The maximum absolute atomic E-state index is 12.3. The highest BCUT2D eigenvalue weighted by Gasteiger charge is 2.64. The minimum absolute atomic E-state index is 0.412. The normalized spacial score (nSPS) is 38.7. The van der Waals surface area contributed by atoms with Gasteiger partial charge in [-0.15, -0.1) is 0 Å². The molecule has 0 radical (unpaired) electrons. The molecular formula is C6H11F2N. The zero-order valence-corrected chi connectivity index (χ0v) is 5.62. The summed E-state index contributed by atoms with van der Waals surface area (Å²) in [5.74, 6) is -3.21. The first kappa shape index (κ1) is 6.93. The second-order valence-electron chi connectivity index (χ2n) is 2.63. The van der Waals surface area contributed by atoms with E-state index in [2.05, 4.69) is 5.32 Å². The maximum Gasteiger partial charge on any atom is 0.255 e. The van der Waals surface area contributed by atoms with Crippen molar-refractivity contribution in [3.05, 3.63) is 0 Å². The third-order valence-electron chi connectivity index (χ3n) is 2.02. The second kappa shape index (κ2) is 1.90. The van der Waals surface area contributed by atoms with Crippen LogP contribution in [0.25, 0.3) is 0 Å². The topological polar surface area (TPSA) is 12.0 Å². The minimum atomic E-state index is -2.39. The lowest BCUT2D eigenvalue weighted by Gasteiger charge is -1.93. The second-order valence-corrected chi connectivity index (χ2v) is 2.63. The van der Waals surface area contributed by atoms with Crippen LogP contribution >= 0.6 is 0 Å². The van der Waals surface area contributed by atoms with Gasteiger partial charge in [-0.2, -0.15) is 0 Å². The number of rotatable bonds is 2. The van der Waals surface area contributed by atoms with Crippen LogP contribution in [0.4, 0.5) is 8.78 Å². The molecule has 1 aliphatic rings. The monoisotopic (exact) mass is 135 g/mol. The number of hydrogen-bond donors (Lipinski definition) is 1. The molecule has 0 amide bonds. The Hall–Kier alpha value is -0.180. The summed E-state index contributed by atoms with van der Waals surface area (Å²) in [6, 6.07) is 0. The summed E-state index contributed by atoms with van der Waals surface area (Å²) in [4.78, 5) is 0. The summed E-state index contributed by atoms with van der Waals surface area (Å²) in [6.07, 6.45) is 0. The molecule has 0 heterocycles. The van der Waals surface area contributed by atoms with Gasteiger partial charge < -0.3 is 5.32 Å². The summed E-state index contributed by atoms with van der Waals surface area (Å²) >= 11 is 0. The average Bonchev–Trinajstić information content (AvgIpc) is 2.19. The molecule has 0 aromatic carbocycles. The lowest BCUT2D eigenvalue weighted by Crippen LogP contribution is -2.13. The standard InChI is InChI=1S/C6H11F2N/c1-4-5(3-9-2)6(4,7)8/h4-5,9H,3H2,1-2H3. The fourth-order valence-electron chi connectivity index (χ4n) is 1.09. The average molecular weight is 135 g/mol. The van der Waals surface area contributed by atoms with Crippen molar-refractivity contribution in [2.45, 2.75) is 12.8 Å². The van der Waals surface area contributed by atoms with Crippen LogP contribution in [-0.2, 0) is 0 Å². The van der Waals surface area contributed by atoms with Crippen LogP contribution in [0.1, 0.15) is 6.92 Å². The molecule has 1 nitrogen and oxygen atoms in total. The first-order valence-electron chi connectivity index (χ1n) is 3.13. The zero-order chi connectivity index (χ0) is 7.07. The Morgan fingerprint density at radius 3 is 2.11 bits per heavy atom. The smallest absolute Gasteiger partial charge is 0.255 e. The lowest BCUT2D eigenvalue weighted by molar-refractivity contribution is 0.0867. The molecule has 1 N–H and O–H groups in total. The molecule has 1 rings (SSSR count). The summed E-state index contributed by atoms with van der Waals surface area (Å²) in [7, 11) is 1.70. The predicted molar refractivity (Wildman–Crippen MR) is 31.5 cm³/mol. The molecule has 0 aromatic heterocycles. The maximum atomic E-state index is 12.3. The molecule has 2 unspecified atom stereocenters. The highest BCUT2D eigenvalue weighted by molar-refractivity contribution is 5.03. The van der Waals surface area contributed by atoms with Crippen molar-refractivity contribution in [1.29, 1.82) is 0 Å². The van der Waals surface area contributed by atoms with Gasteiger partial charge in [-0.1, -0.05) is 6.92 Å². The molecule has 54 valence electrons. The van der Waals surface area contributed by atoms with Gasteiger partial charge in [0, 0.05) is 18.4 Å². The van der Waals surface area contributed by atoms with Crippen LogP contribution in [0.2, 0.25) is 0 Å². The van der Waals surface area contributed by atoms with E-state index in [1.807, 2.05) is 0 Å². The fraction of sp³-hybridized carbons (Fsp3) is 1.00. The van der Waals surface area contributed by atoms with Gasteiger partial charge in [0.1, 0.15) is 0 Å². The van der Waals surface area contributed by atoms with Gasteiger partial charge in [0.25, 0.3) is 5.92 Å². The van der Waals surface area contributed by atoms with Gasteiger partial charge in [0.05, 0.1) is 0 Å². The third kappa shape index (κ3) is 0.936. The number of hydrogen-bond acceptors (Lipinski definition) is 1. The number of alkyl halides is 2. The molecule has 0 spiro atoms. The Kier molecular flexibility index (Phi) is 1.47. The van der Waals surface area contributed by atoms with E-state index in [4.69, 9.17) is 0 Å². The Morgan fingerprint density at radius 1 is 1.56 bits per heavy atom. The Balaban J connectivity index is 2.33. The number of nitrogens with one attached hydrogen (secondary N) is 1. The fourth-order valence-corrected chi connectivity index (χ4v) is 1.09. The molecule has 0 saturated heterocycles. The molecule has 9 heavy (non-hydrogen) atoms. The Bertz CT molecular complexity index is 114. The van der Waals surface area contributed by atoms with Crippen molar-refractivity contribution in [1.82, 2.24) is 5.32 Å². The SMILES string of the molecule is CNCC1C(C)C1(F)F. The van der Waals surface area contributed by atoms with Crippen molar-refractivity contribution in [3.8, 4) is 0 Å².